The number of benzene rings is 1. The summed E-state index contributed by atoms with van der Waals surface area (Å²) in [5.41, 5.74) is 1.51. The van der Waals surface area contributed by atoms with Crippen LogP contribution < -0.4 is 15.4 Å². The van der Waals surface area contributed by atoms with Crippen molar-refractivity contribution in [2.45, 2.75) is 12.8 Å². The molecular formula is C23H28N6O4. The van der Waals surface area contributed by atoms with E-state index in [9.17, 15) is 10.1 Å². The van der Waals surface area contributed by atoms with E-state index in [0.29, 0.717) is 69.0 Å². The second-order valence-electron chi connectivity index (χ2n) is 7.20. The predicted octanol–water partition coefficient (Wildman–Crippen LogP) is 2.49. The number of hydrogen-bond acceptors (Lipinski definition) is 9. The van der Waals surface area contributed by atoms with Gasteiger partial charge >= 0.3 is 0 Å². The van der Waals surface area contributed by atoms with Crippen molar-refractivity contribution in [2.75, 3.05) is 57.7 Å². The average molecular weight is 453 g/mol. The maximum atomic E-state index is 12.5. The Balaban J connectivity index is 1.56. The molecule has 1 aliphatic heterocycles. The topological polar surface area (TPSA) is 122 Å². The summed E-state index contributed by atoms with van der Waals surface area (Å²) in [5, 5.41) is 15.9. The van der Waals surface area contributed by atoms with E-state index in [1.807, 2.05) is 24.3 Å². The van der Waals surface area contributed by atoms with Gasteiger partial charge in [-0.1, -0.05) is 12.1 Å². The molecule has 33 heavy (non-hydrogen) atoms. The second-order valence-corrected chi connectivity index (χ2v) is 7.20. The fourth-order valence-electron chi connectivity index (χ4n) is 3.20. The van der Waals surface area contributed by atoms with Gasteiger partial charge in [-0.3, -0.25) is 4.79 Å². The van der Waals surface area contributed by atoms with E-state index in [4.69, 9.17) is 14.2 Å². The first kappa shape index (κ1) is 24.0. The number of hydrogen-bond donors (Lipinski definition) is 2. The molecule has 0 saturated heterocycles. The van der Waals surface area contributed by atoms with E-state index in [0.717, 1.165) is 5.69 Å². The molecule has 2 aromatic rings. The number of para-hydroxylation sites is 2. The fraction of sp³-hybridized carbons (Fsp3) is 0.391. The van der Waals surface area contributed by atoms with Gasteiger partial charge in [0, 0.05) is 46.5 Å². The molecule has 0 radical (unpaired) electrons. The lowest BCUT2D eigenvalue weighted by atomic mass is 10.2. The van der Waals surface area contributed by atoms with Gasteiger partial charge in [-0.05, 0) is 24.6 Å². The molecule has 10 nitrogen and oxygen atoms in total. The first-order valence-corrected chi connectivity index (χ1v) is 10.7. The van der Waals surface area contributed by atoms with Crippen LogP contribution in [-0.4, -0.2) is 67.8 Å². The Morgan fingerprint density at radius 2 is 1.97 bits per heavy atom. The summed E-state index contributed by atoms with van der Waals surface area (Å²) in [7, 11) is 3.22. The fourth-order valence-corrected chi connectivity index (χ4v) is 3.20. The molecule has 0 aliphatic carbocycles. The molecule has 2 N–H and O–H groups in total. The van der Waals surface area contributed by atoms with E-state index >= 15 is 0 Å². The van der Waals surface area contributed by atoms with Crippen molar-refractivity contribution in [1.29, 1.82) is 5.26 Å². The number of carbonyl (C=O) groups excluding carboxylic acids is 1. The molecule has 1 amide bonds. The molecule has 0 unspecified atom stereocenters. The van der Waals surface area contributed by atoms with Gasteiger partial charge in [-0.15, -0.1) is 0 Å². The molecule has 0 bridgehead atoms. The minimum Gasteiger partial charge on any atom is -0.437 e. The van der Waals surface area contributed by atoms with Crippen molar-refractivity contribution < 1.29 is 19.0 Å². The zero-order chi connectivity index (χ0) is 23.5. The molecular weight excluding hydrogens is 424 g/mol. The Morgan fingerprint density at radius 1 is 1.21 bits per heavy atom. The van der Waals surface area contributed by atoms with Crippen molar-refractivity contribution in [3.8, 4) is 11.8 Å². The van der Waals surface area contributed by atoms with Crippen molar-refractivity contribution in [3.05, 3.63) is 48.1 Å². The van der Waals surface area contributed by atoms with E-state index in [-0.39, 0.29) is 11.5 Å². The first-order valence-electron chi connectivity index (χ1n) is 10.7. The Kier molecular flexibility index (Phi) is 8.99. The van der Waals surface area contributed by atoms with Crippen LogP contribution in [0.1, 0.15) is 18.5 Å². The number of rotatable bonds is 12. The maximum absolute atomic E-state index is 12.5. The van der Waals surface area contributed by atoms with Crippen LogP contribution in [0.5, 0.6) is 5.75 Å². The third-order valence-corrected chi connectivity index (χ3v) is 4.93. The monoisotopic (exact) mass is 452 g/mol. The molecule has 0 saturated carbocycles. The second kappa shape index (κ2) is 12.4. The lowest BCUT2D eigenvalue weighted by molar-refractivity contribution is -0.132. The number of nitrogens with zero attached hydrogens (tertiary/aromatic N) is 4. The van der Waals surface area contributed by atoms with Crippen LogP contribution in [0.4, 0.5) is 11.6 Å². The van der Waals surface area contributed by atoms with Crippen molar-refractivity contribution in [2.24, 2.45) is 0 Å². The molecule has 3 rings (SSSR count). The number of anilines is 2. The summed E-state index contributed by atoms with van der Waals surface area (Å²) in [6, 6.07) is 11.2. The highest BCUT2D eigenvalue weighted by Gasteiger charge is 2.22. The van der Waals surface area contributed by atoms with E-state index in [2.05, 4.69) is 26.7 Å². The Bertz CT molecular complexity index is 985. The minimum atomic E-state index is 0.0427. The van der Waals surface area contributed by atoms with Gasteiger partial charge in [0.05, 0.1) is 24.6 Å². The average Bonchev–Trinajstić information content (AvgIpc) is 3.26. The molecule has 0 atom stereocenters. The number of methoxy groups -OCH3 is 2. The zero-order valence-corrected chi connectivity index (χ0v) is 18.8. The van der Waals surface area contributed by atoms with Gasteiger partial charge in [-0.25, -0.2) is 9.97 Å². The highest BCUT2D eigenvalue weighted by Crippen LogP contribution is 2.35. The SMILES string of the molecule is COCCN(CCOC)C(=O)CCCNc1nccc(/C(C#N)=C2\Nc3ccccc3O2)n1. The third-order valence-electron chi connectivity index (χ3n) is 4.93. The number of carbonyl (C=O) groups is 1. The van der Waals surface area contributed by atoms with Gasteiger partial charge in [0.1, 0.15) is 11.6 Å². The van der Waals surface area contributed by atoms with Gasteiger partial charge in [0.15, 0.2) is 5.75 Å². The molecule has 10 heteroatoms. The van der Waals surface area contributed by atoms with Gasteiger partial charge in [-0.2, -0.15) is 5.26 Å². The maximum Gasteiger partial charge on any atom is 0.223 e. The molecule has 0 fully saturated rings. The number of nitrogens with one attached hydrogen (secondary N) is 2. The Hall–Kier alpha value is -3.68. The smallest absolute Gasteiger partial charge is 0.223 e. The summed E-state index contributed by atoms with van der Waals surface area (Å²) in [5.74, 6) is 1.41. The number of allylic oxidation sites excluding steroid dienone is 1. The Morgan fingerprint density at radius 3 is 2.67 bits per heavy atom. The number of nitriles is 1. The summed E-state index contributed by atoms with van der Waals surface area (Å²) in [6.07, 6.45) is 2.56. The van der Waals surface area contributed by atoms with Crippen LogP contribution in [0.15, 0.2) is 42.4 Å². The summed E-state index contributed by atoms with van der Waals surface area (Å²) >= 11 is 0. The van der Waals surface area contributed by atoms with Crippen LogP contribution in [0.3, 0.4) is 0 Å². The van der Waals surface area contributed by atoms with Gasteiger partial charge in [0.25, 0.3) is 0 Å². The molecule has 0 spiro atoms. The van der Waals surface area contributed by atoms with Crippen LogP contribution >= 0.6 is 0 Å². The normalized spacial score (nSPS) is 13.4. The number of ether oxygens (including phenoxy) is 3. The summed E-state index contributed by atoms with van der Waals surface area (Å²) in [4.78, 5) is 22.9. The summed E-state index contributed by atoms with van der Waals surface area (Å²) in [6.45, 7) is 2.53. The molecule has 1 aromatic heterocycles. The quantitative estimate of drug-likeness (QED) is 0.369. The van der Waals surface area contributed by atoms with E-state index in [1.165, 1.54) is 0 Å². The lowest BCUT2D eigenvalue weighted by Gasteiger charge is -2.22. The standard InChI is InChI=1S/C23H28N6O4/c1-31-14-12-29(13-15-32-2)21(30)8-5-10-25-23-26-11-9-18(28-23)17(16-24)22-27-19-6-3-4-7-20(19)33-22/h3-4,6-7,9,11,27H,5,8,10,12-15H2,1-2H3,(H,25,26,28)/b22-17+. The minimum absolute atomic E-state index is 0.0427. The van der Waals surface area contributed by atoms with E-state index in [1.54, 1.807) is 31.4 Å². The molecule has 1 aliphatic rings. The van der Waals surface area contributed by atoms with Crippen molar-refractivity contribution in [3.63, 3.8) is 0 Å². The highest BCUT2D eigenvalue weighted by molar-refractivity contribution is 5.81. The first-order chi connectivity index (χ1) is 16.2. The van der Waals surface area contributed by atoms with Crippen LogP contribution in [0.2, 0.25) is 0 Å². The van der Waals surface area contributed by atoms with Crippen molar-refractivity contribution >= 4 is 23.1 Å². The van der Waals surface area contributed by atoms with Crippen LogP contribution in [0, 0.1) is 11.3 Å². The molecule has 174 valence electrons. The molecule has 1 aromatic carbocycles. The Labute approximate surface area is 193 Å². The van der Waals surface area contributed by atoms with Gasteiger partial charge in [0.2, 0.25) is 17.7 Å². The highest BCUT2D eigenvalue weighted by atomic mass is 16.5. The largest absolute Gasteiger partial charge is 0.437 e. The predicted molar refractivity (Wildman–Crippen MR) is 123 cm³/mol. The number of fused-ring (bicyclic) bond motifs is 1. The lowest BCUT2D eigenvalue weighted by Crippen LogP contribution is -2.36. The summed E-state index contributed by atoms with van der Waals surface area (Å²) < 4.78 is 15.9. The van der Waals surface area contributed by atoms with Gasteiger partial charge < -0.3 is 29.7 Å². The molecule has 2 heterocycles. The van der Waals surface area contributed by atoms with Crippen LogP contribution in [-0.2, 0) is 14.3 Å². The third kappa shape index (κ3) is 6.65. The van der Waals surface area contributed by atoms with Crippen molar-refractivity contribution in [1.82, 2.24) is 14.9 Å². The number of aromatic nitrogens is 2. The zero-order valence-electron chi connectivity index (χ0n) is 18.8. The number of amides is 1. The van der Waals surface area contributed by atoms with Crippen LogP contribution in [0.25, 0.3) is 5.57 Å². The van der Waals surface area contributed by atoms with E-state index < -0.39 is 0 Å².